The topological polar surface area (TPSA) is 61.9 Å². The molecule has 4 N–H and O–H groups in total. The van der Waals surface area contributed by atoms with E-state index in [4.69, 9.17) is 11.1 Å². The van der Waals surface area contributed by atoms with Crippen molar-refractivity contribution in [3.8, 4) is 0 Å². The molecule has 3 aromatic rings. The minimum atomic E-state index is 0.125. The van der Waals surface area contributed by atoms with Crippen molar-refractivity contribution in [2.45, 2.75) is 44.6 Å². The summed E-state index contributed by atoms with van der Waals surface area (Å²) in [7, 11) is 0. The molecule has 3 atom stereocenters. The molecule has 0 bridgehead atoms. The van der Waals surface area contributed by atoms with Crippen LogP contribution in [0.15, 0.2) is 54.6 Å². The zero-order valence-corrected chi connectivity index (χ0v) is 17.2. The third kappa shape index (κ3) is 3.34. The second kappa shape index (κ2) is 7.00. The first kappa shape index (κ1) is 18.4. The lowest BCUT2D eigenvalue weighted by atomic mass is 9.86. The fourth-order valence-electron chi connectivity index (χ4n) is 5.02. The van der Waals surface area contributed by atoms with Gasteiger partial charge in [-0.3, -0.25) is 5.41 Å². The minimum Gasteiger partial charge on any atom is -0.384 e. The highest BCUT2D eigenvalue weighted by atomic mass is 14.9. The average molecular weight is 384 g/mol. The summed E-state index contributed by atoms with van der Waals surface area (Å²) in [5.41, 5.74) is 12.4. The van der Waals surface area contributed by atoms with Crippen molar-refractivity contribution in [2.24, 2.45) is 11.7 Å². The van der Waals surface area contributed by atoms with Gasteiger partial charge in [-0.2, -0.15) is 0 Å². The molecule has 3 aromatic carbocycles. The number of nitrogens with two attached hydrogens (primary N) is 1. The Bertz CT molecular complexity index is 1100. The van der Waals surface area contributed by atoms with Crippen LogP contribution in [0.25, 0.3) is 10.8 Å². The molecule has 0 spiro atoms. The number of hydrogen-bond acceptors (Lipinski definition) is 2. The Morgan fingerprint density at radius 3 is 2.41 bits per heavy atom. The predicted molar refractivity (Wildman–Crippen MR) is 121 cm³/mol. The molecule has 0 radical (unpaired) electrons. The van der Waals surface area contributed by atoms with E-state index in [0.717, 1.165) is 23.9 Å². The lowest BCUT2D eigenvalue weighted by molar-refractivity contribution is 0.395. The molecule has 0 saturated heterocycles. The molecule has 1 saturated carbocycles. The summed E-state index contributed by atoms with van der Waals surface area (Å²) in [6, 6.07) is 20.5. The third-order valence-corrected chi connectivity index (χ3v) is 6.75. The first-order valence-corrected chi connectivity index (χ1v) is 10.8. The van der Waals surface area contributed by atoms with E-state index in [-0.39, 0.29) is 5.84 Å². The first-order valence-electron chi connectivity index (χ1n) is 10.8. The third-order valence-electron chi connectivity index (χ3n) is 6.75. The second-order valence-electron chi connectivity index (χ2n) is 9.07. The van der Waals surface area contributed by atoms with E-state index < -0.39 is 0 Å². The fourth-order valence-corrected chi connectivity index (χ4v) is 5.02. The van der Waals surface area contributed by atoms with Crippen molar-refractivity contribution in [3.63, 3.8) is 0 Å². The fraction of sp³-hybridized carbons (Fsp3) is 0.346. The number of rotatable bonds is 4. The molecular weight excluding hydrogens is 354 g/mol. The van der Waals surface area contributed by atoms with E-state index in [9.17, 15) is 0 Å². The van der Waals surface area contributed by atoms with Crippen molar-refractivity contribution in [1.82, 2.24) is 5.32 Å². The lowest BCUT2D eigenvalue weighted by Gasteiger charge is -2.30. The van der Waals surface area contributed by atoms with Gasteiger partial charge in [-0.05, 0) is 76.2 Å². The zero-order chi connectivity index (χ0) is 20.1. The van der Waals surface area contributed by atoms with E-state index in [1.165, 1.54) is 34.1 Å². The maximum absolute atomic E-state index is 7.63. The van der Waals surface area contributed by atoms with Gasteiger partial charge in [0.15, 0.2) is 0 Å². The molecule has 29 heavy (non-hydrogen) atoms. The van der Waals surface area contributed by atoms with Gasteiger partial charge in [0.05, 0.1) is 0 Å². The van der Waals surface area contributed by atoms with Gasteiger partial charge < -0.3 is 11.1 Å². The van der Waals surface area contributed by atoms with Gasteiger partial charge in [0.25, 0.3) is 0 Å². The Hall–Kier alpha value is -2.65. The summed E-state index contributed by atoms with van der Waals surface area (Å²) in [6.45, 7) is 5.71. The van der Waals surface area contributed by atoms with E-state index in [1.807, 2.05) is 12.1 Å². The molecule has 5 rings (SSSR count). The maximum atomic E-state index is 7.63. The van der Waals surface area contributed by atoms with Crippen molar-refractivity contribution in [1.29, 1.82) is 5.41 Å². The molecule has 3 unspecified atom stereocenters. The van der Waals surface area contributed by atoms with Crippen LogP contribution >= 0.6 is 0 Å². The average Bonchev–Trinajstić information content (AvgIpc) is 3.53. The molecule has 1 aliphatic carbocycles. The normalized spacial score (nSPS) is 23.2. The smallest absolute Gasteiger partial charge is 0.122 e. The Kier molecular flexibility index (Phi) is 4.44. The molecule has 2 aliphatic rings. The Labute approximate surface area is 172 Å². The summed E-state index contributed by atoms with van der Waals surface area (Å²) < 4.78 is 0. The SMILES string of the molecule is CC(C)C1NCCc2ccc(C3CC3c3ccc4cc(C(=N)N)ccc4c3)cc21. The number of nitrogen functional groups attached to an aromatic ring is 1. The summed E-state index contributed by atoms with van der Waals surface area (Å²) in [4.78, 5) is 0. The molecule has 3 heteroatoms. The second-order valence-corrected chi connectivity index (χ2v) is 9.07. The van der Waals surface area contributed by atoms with Crippen LogP contribution in [0.2, 0.25) is 0 Å². The van der Waals surface area contributed by atoms with Crippen LogP contribution in [-0.2, 0) is 6.42 Å². The van der Waals surface area contributed by atoms with Crippen LogP contribution in [0.4, 0.5) is 0 Å². The van der Waals surface area contributed by atoms with Crippen LogP contribution in [0, 0.1) is 11.3 Å². The van der Waals surface area contributed by atoms with E-state index in [1.54, 1.807) is 0 Å². The highest BCUT2D eigenvalue weighted by Crippen LogP contribution is 2.55. The molecular formula is C26H29N3. The monoisotopic (exact) mass is 383 g/mol. The highest BCUT2D eigenvalue weighted by Gasteiger charge is 2.40. The highest BCUT2D eigenvalue weighted by molar-refractivity contribution is 5.99. The van der Waals surface area contributed by atoms with E-state index in [0.29, 0.717) is 23.8 Å². The quantitative estimate of drug-likeness (QED) is 0.426. The largest absolute Gasteiger partial charge is 0.384 e. The number of fused-ring (bicyclic) bond motifs is 2. The molecule has 0 amide bonds. The van der Waals surface area contributed by atoms with Gasteiger partial charge in [-0.1, -0.05) is 62.4 Å². The Balaban J connectivity index is 1.41. The van der Waals surface area contributed by atoms with Crippen LogP contribution in [-0.4, -0.2) is 12.4 Å². The van der Waals surface area contributed by atoms with Gasteiger partial charge >= 0.3 is 0 Å². The number of benzene rings is 3. The summed E-state index contributed by atoms with van der Waals surface area (Å²) in [5, 5.41) is 13.7. The molecule has 1 fully saturated rings. The number of nitrogens with one attached hydrogen (secondary N) is 2. The molecule has 1 heterocycles. The zero-order valence-electron chi connectivity index (χ0n) is 17.2. The van der Waals surface area contributed by atoms with Crippen molar-refractivity contribution >= 4 is 16.6 Å². The molecule has 3 nitrogen and oxygen atoms in total. The van der Waals surface area contributed by atoms with Crippen molar-refractivity contribution < 1.29 is 0 Å². The van der Waals surface area contributed by atoms with Crippen molar-refractivity contribution in [2.75, 3.05) is 6.54 Å². The maximum Gasteiger partial charge on any atom is 0.122 e. The van der Waals surface area contributed by atoms with Crippen LogP contribution in [0.3, 0.4) is 0 Å². The van der Waals surface area contributed by atoms with Crippen LogP contribution < -0.4 is 11.1 Å². The number of amidine groups is 1. The molecule has 148 valence electrons. The van der Waals surface area contributed by atoms with Gasteiger partial charge in [-0.15, -0.1) is 0 Å². The number of hydrogen-bond donors (Lipinski definition) is 3. The summed E-state index contributed by atoms with van der Waals surface area (Å²) in [6.07, 6.45) is 2.37. The Morgan fingerprint density at radius 1 is 0.966 bits per heavy atom. The predicted octanol–water partition coefficient (Wildman–Crippen LogP) is 5.24. The van der Waals surface area contributed by atoms with E-state index >= 15 is 0 Å². The first-order chi connectivity index (χ1) is 14.0. The lowest BCUT2D eigenvalue weighted by Crippen LogP contribution is -2.33. The Morgan fingerprint density at radius 2 is 1.66 bits per heavy atom. The minimum absolute atomic E-state index is 0.125. The van der Waals surface area contributed by atoms with Crippen LogP contribution in [0.5, 0.6) is 0 Å². The summed E-state index contributed by atoms with van der Waals surface area (Å²) >= 11 is 0. The van der Waals surface area contributed by atoms with Crippen molar-refractivity contribution in [3.05, 3.63) is 82.4 Å². The van der Waals surface area contributed by atoms with Gasteiger partial charge in [-0.25, -0.2) is 0 Å². The van der Waals surface area contributed by atoms with Gasteiger partial charge in [0.2, 0.25) is 0 Å². The van der Waals surface area contributed by atoms with Gasteiger partial charge in [0.1, 0.15) is 5.84 Å². The molecule has 0 aromatic heterocycles. The molecule has 1 aliphatic heterocycles. The summed E-state index contributed by atoms with van der Waals surface area (Å²) in [5.74, 6) is 1.97. The van der Waals surface area contributed by atoms with E-state index in [2.05, 4.69) is 61.6 Å². The van der Waals surface area contributed by atoms with Crippen LogP contribution in [0.1, 0.15) is 66.0 Å². The van der Waals surface area contributed by atoms with Gasteiger partial charge in [0, 0.05) is 11.6 Å². The standard InChI is InChI=1S/C26H29N3/c1-15(2)25-24-13-20(6-3-16(24)9-10-29-25)23-14-22(23)19-7-4-18-12-21(26(27)28)8-5-17(18)11-19/h3-8,11-13,15,22-23,25,29H,9-10,14H2,1-2H3,(H3,27,28).